The zero-order chi connectivity index (χ0) is 20.3. The van der Waals surface area contributed by atoms with Crippen LogP contribution in [0.2, 0.25) is 0 Å². The van der Waals surface area contributed by atoms with Crippen LogP contribution in [0.3, 0.4) is 0 Å². The van der Waals surface area contributed by atoms with Crippen LogP contribution in [-0.4, -0.2) is 31.5 Å². The molecule has 0 atom stereocenters. The summed E-state index contributed by atoms with van der Waals surface area (Å²) in [6.07, 6.45) is 8.76. The Morgan fingerprint density at radius 3 is 2.00 bits per heavy atom. The van der Waals surface area contributed by atoms with E-state index >= 15 is 0 Å². The Morgan fingerprint density at radius 1 is 0.821 bits per heavy atom. The van der Waals surface area contributed by atoms with E-state index in [4.69, 9.17) is 4.74 Å². The first kappa shape index (κ1) is 19.9. The van der Waals surface area contributed by atoms with Gasteiger partial charge in [0.1, 0.15) is 19.8 Å². The molecule has 2 aromatic carbocycles. The highest BCUT2D eigenvalue weighted by atomic mass is 16.5. The Morgan fingerprint density at radius 2 is 1.46 bits per heavy atom. The van der Waals surface area contributed by atoms with E-state index in [1.807, 2.05) is 0 Å². The molecule has 1 aliphatic carbocycles. The van der Waals surface area contributed by atoms with Gasteiger partial charge in [-0.05, 0) is 52.0 Å². The van der Waals surface area contributed by atoms with Crippen molar-refractivity contribution >= 4 is 11.3 Å². The van der Waals surface area contributed by atoms with E-state index in [1.165, 1.54) is 33.5 Å². The van der Waals surface area contributed by atoms with Crippen molar-refractivity contribution in [2.75, 3.05) is 21.2 Å². The van der Waals surface area contributed by atoms with E-state index in [9.17, 15) is 0 Å². The summed E-state index contributed by atoms with van der Waals surface area (Å²) < 4.78 is 7.77. The fourth-order valence-corrected chi connectivity index (χ4v) is 3.48. The van der Waals surface area contributed by atoms with Crippen molar-refractivity contribution in [1.82, 2.24) is 0 Å². The number of allylic oxidation sites excluding steroid dienone is 5. The lowest BCUT2D eigenvalue weighted by atomic mass is 9.82. The maximum Gasteiger partial charge on any atom is 0.199 e. The molecule has 0 spiro atoms. The Balaban J connectivity index is 2.23. The van der Waals surface area contributed by atoms with E-state index in [-0.39, 0.29) is 5.41 Å². The van der Waals surface area contributed by atoms with Crippen LogP contribution in [-0.2, 0) is 5.41 Å². The standard InChI is InChI=1S/C26H30NO/c1-26(2,3)23-18-21(14-17-24(23)28-6)25(19-10-8-7-9-11-19)20-12-15-22(16-13-20)27(4)5/h7-18H,1-6H3/q+1. The zero-order valence-electron chi connectivity index (χ0n) is 17.8. The van der Waals surface area contributed by atoms with Crippen LogP contribution < -0.4 is 4.74 Å². The molecule has 0 fully saturated rings. The Hall–Kier alpha value is -2.87. The summed E-state index contributed by atoms with van der Waals surface area (Å²) in [5.74, 6) is 0.937. The lowest BCUT2D eigenvalue weighted by Crippen LogP contribution is -2.13. The largest absolute Gasteiger partial charge is 0.496 e. The Labute approximate surface area is 169 Å². The molecule has 0 unspecified atom stereocenters. The second-order valence-electron chi connectivity index (χ2n) is 8.35. The molecule has 0 radical (unpaired) electrons. The summed E-state index contributed by atoms with van der Waals surface area (Å²) in [6, 6.07) is 17.1. The van der Waals surface area contributed by atoms with E-state index in [2.05, 4.69) is 112 Å². The van der Waals surface area contributed by atoms with Crippen molar-refractivity contribution in [3.8, 4) is 5.75 Å². The molecule has 0 saturated heterocycles. The number of benzene rings is 2. The predicted molar refractivity (Wildman–Crippen MR) is 120 cm³/mol. The summed E-state index contributed by atoms with van der Waals surface area (Å²) in [5, 5.41) is 0. The van der Waals surface area contributed by atoms with Gasteiger partial charge in [-0.2, -0.15) is 0 Å². The molecule has 2 aromatic rings. The molecule has 28 heavy (non-hydrogen) atoms. The molecule has 1 aliphatic rings. The van der Waals surface area contributed by atoms with Crippen molar-refractivity contribution in [2.45, 2.75) is 26.2 Å². The number of hydrogen-bond acceptors (Lipinski definition) is 1. The van der Waals surface area contributed by atoms with Gasteiger partial charge < -0.3 is 4.74 Å². The minimum atomic E-state index is -0.00205. The number of hydrogen-bond donors (Lipinski definition) is 0. The SMILES string of the molecule is COc1ccc(C(=C2C=CC(=[N+](C)C)C=C2)c2ccccc2)cc1C(C)(C)C. The van der Waals surface area contributed by atoms with Crippen molar-refractivity contribution in [1.29, 1.82) is 0 Å². The van der Waals surface area contributed by atoms with Gasteiger partial charge in [0.2, 0.25) is 0 Å². The smallest absolute Gasteiger partial charge is 0.199 e. The maximum absolute atomic E-state index is 5.65. The second-order valence-corrected chi connectivity index (χ2v) is 8.35. The van der Waals surface area contributed by atoms with E-state index in [0.717, 1.165) is 5.75 Å². The van der Waals surface area contributed by atoms with Crippen molar-refractivity contribution < 1.29 is 9.31 Å². The summed E-state index contributed by atoms with van der Waals surface area (Å²) in [4.78, 5) is 0. The molecule has 0 aliphatic heterocycles. The highest BCUT2D eigenvalue weighted by molar-refractivity contribution is 6.03. The fourth-order valence-electron chi connectivity index (χ4n) is 3.48. The fraction of sp³-hybridized carbons (Fsp3) is 0.269. The van der Waals surface area contributed by atoms with Gasteiger partial charge in [0, 0.05) is 17.7 Å². The molecule has 0 N–H and O–H groups in total. The third kappa shape index (κ3) is 4.17. The van der Waals surface area contributed by atoms with E-state index in [1.54, 1.807) is 7.11 Å². The van der Waals surface area contributed by atoms with Crippen LogP contribution >= 0.6 is 0 Å². The molecule has 2 nitrogen and oxygen atoms in total. The van der Waals surface area contributed by atoms with E-state index in [0.29, 0.717) is 0 Å². The molecule has 0 aromatic heterocycles. The van der Waals surface area contributed by atoms with Crippen LogP contribution in [0, 0.1) is 0 Å². The third-order valence-corrected chi connectivity index (χ3v) is 5.03. The quantitative estimate of drug-likeness (QED) is 0.636. The highest BCUT2D eigenvalue weighted by Crippen LogP contribution is 2.37. The first-order chi connectivity index (χ1) is 13.3. The van der Waals surface area contributed by atoms with Crippen LogP contribution in [0.1, 0.15) is 37.5 Å². The summed E-state index contributed by atoms with van der Waals surface area (Å²) >= 11 is 0. The third-order valence-electron chi connectivity index (χ3n) is 5.03. The average molecular weight is 373 g/mol. The van der Waals surface area contributed by atoms with Crippen LogP contribution in [0.4, 0.5) is 0 Å². The first-order valence-electron chi connectivity index (χ1n) is 9.70. The second kappa shape index (κ2) is 8.02. The minimum absolute atomic E-state index is 0.00205. The van der Waals surface area contributed by atoms with E-state index < -0.39 is 0 Å². The van der Waals surface area contributed by atoms with Gasteiger partial charge in [-0.3, -0.25) is 0 Å². The van der Waals surface area contributed by atoms with Gasteiger partial charge in [0.25, 0.3) is 0 Å². The lowest BCUT2D eigenvalue weighted by Gasteiger charge is -2.24. The maximum atomic E-state index is 5.65. The van der Waals surface area contributed by atoms with Gasteiger partial charge in [-0.25, -0.2) is 4.58 Å². The van der Waals surface area contributed by atoms with Crippen LogP contribution in [0.25, 0.3) is 5.57 Å². The summed E-state index contributed by atoms with van der Waals surface area (Å²) in [7, 11) is 5.87. The lowest BCUT2D eigenvalue weighted by molar-refractivity contribution is -0.462. The van der Waals surface area contributed by atoms with Gasteiger partial charge >= 0.3 is 0 Å². The van der Waals surface area contributed by atoms with Crippen molar-refractivity contribution in [2.24, 2.45) is 0 Å². The first-order valence-corrected chi connectivity index (χ1v) is 9.70. The Kier molecular flexibility index (Phi) is 5.69. The number of rotatable bonds is 3. The van der Waals surface area contributed by atoms with Gasteiger partial charge in [-0.15, -0.1) is 0 Å². The minimum Gasteiger partial charge on any atom is -0.496 e. The molecule has 0 saturated carbocycles. The van der Waals surface area contributed by atoms with Crippen LogP contribution in [0.15, 0.2) is 78.4 Å². The van der Waals surface area contributed by atoms with Crippen LogP contribution in [0.5, 0.6) is 5.75 Å². The molecule has 144 valence electrons. The number of nitrogens with zero attached hydrogens (tertiary/aromatic N) is 1. The Bertz CT molecular complexity index is 961. The molecule has 2 heteroatoms. The monoisotopic (exact) mass is 372 g/mol. The van der Waals surface area contributed by atoms with Gasteiger partial charge in [0.15, 0.2) is 5.71 Å². The normalized spacial score (nSPS) is 13.6. The molecular weight excluding hydrogens is 342 g/mol. The number of methoxy groups -OCH3 is 1. The molecule has 0 amide bonds. The predicted octanol–water partition coefficient (Wildman–Crippen LogP) is 5.63. The average Bonchev–Trinajstić information content (AvgIpc) is 2.68. The van der Waals surface area contributed by atoms with Crippen molar-refractivity contribution in [3.63, 3.8) is 0 Å². The zero-order valence-corrected chi connectivity index (χ0v) is 17.8. The molecule has 0 bridgehead atoms. The van der Waals surface area contributed by atoms with Gasteiger partial charge in [0.05, 0.1) is 7.11 Å². The summed E-state index contributed by atoms with van der Waals surface area (Å²) in [5.41, 5.74) is 7.27. The topological polar surface area (TPSA) is 12.2 Å². The highest BCUT2D eigenvalue weighted by Gasteiger charge is 2.21. The number of ether oxygens (including phenoxy) is 1. The van der Waals surface area contributed by atoms with Gasteiger partial charge in [-0.1, -0.05) is 57.2 Å². The molecule has 3 rings (SSSR count). The molecular formula is C26H30NO+. The van der Waals surface area contributed by atoms with Crippen molar-refractivity contribution in [3.05, 3.63) is 95.1 Å². The summed E-state index contributed by atoms with van der Waals surface area (Å²) in [6.45, 7) is 6.67. The molecule has 0 heterocycles.